The number of carbonyl (C=O) groups excluding carboxylic acids is 2. The van der Waals surface area contributed by atoms with E-state index in [-0.39, 0.29) is 17.5 Å². The average molecular weight is 461 g/mol. The van der Waals surface area contributed by atoms with E-state index < -0.39 is 5.91 Å². The third kappa shape index (κ3) is 3.80. The molecule has 2 atom stereocenters. The molecule has 10 heteroatoms. The lowest BCUT2D eigenvalue weighted by molar-refractivity contribution is -0.443. The Kier molecular flexibility index (Phi) is 6.40. The van der Waals surface area contributed by atoms with Gasteiger partial charge in [-0.3, -0.25) is 15.0 Å². The molecule has 0 aliphatic carbocycles. The summed E-state index contributed by atoms with van der Waals surface area (Å²) in [6.45, 7) is 4.67. The summed E-state index contributed by atoms with van der Waals surface area (Å²) in [6, 6.07) is 0.0326. The van der Waals surface area contributed by atoms with E-state index in [0.717, 1.165) is 6.42 Å². The lowest BCUT2D eigenvalue weighted by atomic mass is 10.2. The van der Waals surface area contributed by atoms with Gasteiger partial charge in [0, 0.05) is 7.11 Å². The van der Waals surface area contributed by atoms with Crippen LogP contribution in [0.5, 0.6) is 0 Å². The third-order valence-electron chi connectivity index (χ3n) is 3.87. The maximum Gasteiger partial charge on any atom is 0.308 e. The lowest BCUT2D eigenvalue weighted by Crippen LogP contribution is -2.37. The number of ether oxygens (including phenoxy) is 1. The summed E-state index contributed by atoms with van der Waals surface area (Å²) in [4.78, 5) is 29.6. The van der Waals surface area contributed by atoms with Crippen LogP contribution in [0.2, 0.25) is 5.54 Å². The SMILES string of the molecule is C=CC(=O)N1CC([Si-]=[N+]2NC(I)=C(C(N)=O)C2=NC)C[C@@H]1COC. The second kappa shape index (κ2) is 8.12. The first-order valence-corrected chi connectivity index (χ1v) is 9.44. The van der Waals surface area contributed by atoms with Gasteiger partial charge in [-0.05, 0) is 35.2 Å². The molecule has 0 aromatic heterocycles. The van der Waals surface area contributed by atoms with Crippen LogP contribution in [0.3, 0.4) is 0 Å². The largest absolute Gasteiger partial charge is 0.383 e. The van der Waals surface area contributed by atoms with Crippen LogP contribution in [0.4, 0.5) is 0 Å². The van der Waals surface area contributed by atoms with Crippen LogP contribution >= 0.6 is 22.6 Å². The number of primary amides is 1. The van der Waals surface area contributed by atoms with Crippen LogP contribution in [0.15, 0.2) is 26.9 Å². The van der Waals surface area contributed by atoms with Gasteiger partial charge in [0.25, 0.3) is 5.91 Å². The van der Waals surface area contributed by atoms with Gasteiger partial charge in [-0.25, -0.2) is 0 Å². The van der Waals surface area contributed by atoms with Crippen LogP contribution in [0, 0.1) is 0 Å². The topological polar surface area (TPSA) is 100 Å². The number of aliphatic imine (C=N–C) groups is 1. The Labute approximate surface area is 156 Å². The molecule has 0 aromatic rings. The number of likely N-dealkylation sites (tertiary alicyclic amines) is 1. The molecule has 2 aliphatic heterocycles. The number of nitrogens with one attached hydrogen (secondary N) is 1. The second-order valence-corrected chi connectivity index (χ2v) is 8.01. The molecular formula is C14H20IN5O3Si. The first kappa shape index (κ1) is 18.9. The highest BCUT2D eigenvalue weighted by Gasteiger charge is 2.33. The van der Waals surface area contributed by atoms with Crippen molar-refractivity contribution in [3.05, 3.63) is 21.9 Å². The van der Waals surface area contributed by atoms with E-state index in [2.05, 4.69) is 17.0 Å². The van der Waals surface area contributed by atoms with Gasteiger partial charge in [0.05, 0.1) is 12.6 Å². The monoisotopic (exact) mass is 461 g/mol. The summed E-state index contributed by atoms with van der Waals surface area (Å²) >= 11 is 2.04. The van der Waals surface area contributed by atoms with Crippen molar-refractivity contribution in [2.45, 2.75) is 18.0 Å². The predicted octanol–water partition coefficient (Wildman–Crippen LogP) is -0.213. The van der Waals surface area contributed by atoms with Gasteiger partial charge >= 0.3 is 5.84 Å². The number of hydrogen-bond donors (Lipinski definition) is 2. The maximum atomic E-state index is 12.0. The number of amidine groups is 1. The van der Waals surface area contributed by atoms with Crippen molar-refractivity contribution in [2.75, 3.05) is 27.3 Å². The fourth-order valence-electron chi connectivity index (χ4n) is 2.87. The van der Waals surface area contributed by atoms with E-state index in [0.29, 0.717) is 37.6 Å². The number of hydrazine groups is 1. The molecule has 1 unspecified atom stereocenters. The Morgan fingerprint density at radius 3 is 2.92 bits per heavy atom. The summed E-state index contributed by atoms with van der Waals surface area (Å²) in [7, 11) is 3.57. The van der Waals surface area contributed by atoms with E-state index in [4.69, 9.17) is 10.5 Å². The molecule has 1 saturated heterocycles. The minimum atomic E-state index is -0.507. The zero-order chi connectivity index (χ0) is 17.9. The predicted molar refractivity (Wildman–Crippen MR) is 98.7 cm³/mol. The molecule has 2 aliphatic rings. The zero-order valence-corrected chi connectivity index (χ0v) is 16.7. The molecule has 8 nitrogen and oxygen atoms in total. The second-order valence-electron chi connectivity index (χ2n) is 5.41. The number of amides is 2. The molecule has 3 N–H and O–H groups in total. The van der Waals surface area contributed by atoms with Crippen LogP contribution in [0.25, 0.3) is 0 Å². The van der Waals surface area contributed by atoms with Crippen LogP contribution in [-0.2, 0) is 14.3 Å². The minimum Gasteiger partial charge on any atom is -0.383 e. The number of nitrogens with zero attached hydrogens (tertiary/aromatic N) is 3. The standard InChI is InChI=1S/C14H20IN5O3Si/c1-4-10(21)19-6-9(5-8(19)7-23-3)24-20-14(17-2)11(13(16)22)12(15)18-20/h4,8-9,18H,1,5-7H2,2-3H3,(H2,16,22)/t8-,9?/m1/s1. The van der Waals surface area contributed by atoms with E-state index in [1.807, 2.05) is 26.9 Å². The van der Waals surface area contributed by atoms with E-state index >= 15 is 0 Å². The number of hydrogen-bond acceptors (Lipinski definition) is 5. The molecule has 0 radical (unpaired) electrons. The molecular weight excluding hydrogens is 441 g/mol. The van der Waals surface area contributed by atoms with Gasteiger partial charge in [-0.1, -0.05) is 18.0 Å². The van der Waals surface area contributed by atoms with Gasteiger partial charge in [0.1, 0.15) is 10.8 Å². The fraction of sp³-hybridized carbons (Fsp3) is 0.500. The quantitative estimate of drug-likeness (QED) is 0.256. The van der Waals surface area contributed by atoms with E-state index in [9.17, 15) is 9.59 Å². The van der Waals surface area contributed by atoms with Crippen molar-refractivity contribution >= 4 is 49.6 Å². The van der Waals surface area contributed by atoms with Gasteiger partial charge in [0.15, 0.2) is 5.57 Å². The van der Waals surface area contributed by atoms with Crippen LogP contribution in [-0.4, -0.2) is 69.5 Å². The van der Waals surface area contributed by atoms with Crippen molar-refractivity contribution in [2.24, 2.45) is 10.7 Å². The summed E-state index contributed by atoms with van der Waals surface area (Å²) in [6.07, 6.45) is 2.15. The van der Waals surface area contributed by atoms with E-state index in [1.165, 1.54) is 6.08 Å². The molecule has 1 fully saturated rings. The minimum absolute atomic E-state index is 0.0326. The summed E-state index contributed by atoms with van der Waals surface area (Å²) in [5.74, 6) is -0.0531. The highest BCUT2D eigenvalue weighted by atomic mass is 127. The molecule has 0 bridgehead atoms. The van der Waals surface area contributed by atoms with Crippen molar-refractivity contribution in [3.8, 4) is 0 Å². The smallest absolute Gasteiger partial charge is 0.308 e. The number of carbonyl (C=O) groups is 2. The molecule has 130 valence electrons. The summed E-state index contributed by atoms with van der Waals surface area (Å²) in [5.41, 5.74) is 9.23. The molecule has 0 saturated carbocycles. The molecule has 0 aromatic carbocycles. The van der Waals surface area contributed by atoms with Crippen LogP contribution < -0.4 is 11.2 Å². The van der Waals surface area contributed by atoms with Gasteiger partial charge in [-0.2, -0.15) is 9.31 Å². The number of methoxy groups -OCH3 is 1. The van der Waals surface area contributed by atoms with Crippen molar-refractivity contribution < 1.29 is 18.7 Å². The molecule has 2 amide bonds. The van der Waals surface area contributed by atoms with Crippen molar-refractivity contribution in [1.29, 1.82) is 0 Å². The third-order valence-corrected chi connectivity index (χ3v) is 6.01. The Bertz CT molecular complexity index is 661. The number of nitrogens with two attached hydrogens (primary N) is 1. The molecule has 0 spiro atoms. The van der Waals surface area contributed by atoms with Gasteiger partial charge in [-0.15, -0.1) is 5.54 Å². The number of halogens is 1. The number of rotatable bonds is 5. The Morgan fingerprint density at radius 1 is 1.67 bits per heavy atom. The van der Waals surface area contributed by atoms with Gasteiger partial charge < -0.3 is 19.7 Å². The molecule has 2 heterocycles. The zero-order valence-electron chi connectivity index (χ0n) is 13.6. The highest BCUT2D eigenvalue weighted by molar-refractivity contribution is 14.1. The van der Waals surface area contributed by atoms with Crippen molar-refractivity contribution in [1.82, 2.24) is 10.3 Å². The molecule has 24 heavy (non-hydrogen) atoms. The first-order valence-electron chi connectivity index (χ1n) is 7.34. The lowest BCUT2D eigenvalue weighted by Gasteiger charge is -2.23. The van der Waals surface area contributed by atoms with Gasteiger partial charge in [0.2, 0.25) is 5.91 Å². The maximum absolute atomic E-state index is 12.0. The summed E-state index contributed by atoms with van der Waals surface area (Å²) < 4.78 is 7.74. The fourth-order valence-corrected chi connectivity index (χ4v) is 5.38. The average Bonchev–Trinajstić information content (AvgIpc) is 3.07. The van der Waals surface area contributed by atoms with E-state index in [1.54, 1.807) is 19.1 Å². The Balaban J connectivity index is 2.22. The Hall–Kier alpha value is -1.40. The first-order chi connectivity index (χ1) is 11.4. The van der Waals surface area contributed by atoms with Crippen molar-refractivity contribution in [3.63, 3.8) is 0 Å². The normalized spacial score (nSPS) is 27.0. The summed E-state index contributed by atoms with van der Waals surface area (Å²) in [5, 5.41) is 0. The highest BCUT2D eigenvalue weighted by Crippen LogP contribution is 2.27. The van der Waals surface area contributed by atoms with Crippen LogP contribution in [0.1, 0.15) is 6.42 Å². The molecule has 2 rings (SSSR count). The Morgan fingerprint density at radius 2 is 2.38 bits per heavy atom.